The summed E-state index contributed by atoms with van der Waals surface area (Å²) in [6, 6.07) is 8.80. The average Bonchev–Trinajstić information content (AvgIpc) is 3.34. The van der Waals surface area contributed by atoms with Crippen molar-refractivity contribution in [2.75, 3.05) is 26.3 Å². The van der Waals surface area contributed by atoms with Gasteiger partial charge in [0.05, 0.1) is 23.8 Å². The number of sulfonamides is 1. The summed E-state index contributed by atoms with van der Waals surface area (Å²) in [6.45, 7) is 7.49. The molecule has 3 heterocycles. The number of amides is 1. The van der Waals surface area contributed by atoms with Crippen LogP contribution in [-0.2, 0) is 28.4 Å². The van der Waals surface area contributed by atoms with Gasteiger partial charge in [-0.3, -0.25) is 9.48 Å². The molecule has 1 aliphatic heterocycles. The van der Waals surface area contributed by atoms with E-state index in [1.807, 2.05) is 40.0 Å². The van der Waals surface area contributed by atoms with Crippen LogP contribution in [0.15, 0.2) is 35.2 Å². The summed E-state index contributed by atoms with van der Waals surface area (Å²) in [5.41, 5.74) is 3.81. The van der Waals surface area contributed by atoms with Crippen molar-refractivity contribution in [2.45, 2.75) is 32.2 Å². The number of thiophene rings is 1. The van der Waals surface area contributed by atoms with Gasteiger partial charge in [-0.15, -0.1) is 11.3 Å². The third-order valence-electron chi connectivity index (χ3n) is 5.89. The molecule has 0 radical (unpaired) electrons. The van der Waals surface area contributed by atoms with Crippen molar-refractivity contribution in [3.8, 4) is 10.4 Å². The molecule has 1 saturated heterocycles. The second-order valence-corrected chi connectivity index (χ2v) is 11.4. The normalized spacial score (nSPS) is 15.0. The fraction of sp³-hybridized carbons (Fsp3) is 0.391. The van der Waals surface area contributed by atoms with E-state index >= 15 is 0 Å². The number of hydrogen-bond donors (Lipinski definition) is 1. The van der Waals surface area contributed by atoms with E-state index in [2.05, 4.69) is 10.4 Å². The topological polar surface area (TPSA) is 93.5 Å². The summed E-state index contributed by atoms with van der Waals surface area (Å²) in [5.74, 6) is -0.328. The number of aromatic nitrogens is 2. The molecule has 4 rings (SSSR count). The Bertz CT molecular complexity index is 1290. The Morgan fingerprint density at radius 3 is 2.48 bits per heavy atom. The average molecular weight is 489 g/mol. The van der Waals surface area contributed by atoms with E-state index in [1.54, 1.807) is 28.2 Å². The van der Waals surface area contributed by atoms with Crippen LogP contribution >= 0.6 is 11.3 Å². The van der Waals surface area contributed by atoms with Gasteiger partial charge in [0, 0.05) is 53.3 Å². The molecule has 0 aliphatic carbocycles. The molecule has 1 amide bonds. The summed E-state index contributed by atoms with van der Waals surface area (Å²) >= 11 is 1.56. The number of rotatable bonds is 6. The molecule has 176 valence electrons. The molecule has 10 heteroatoms. The number of morpholine rings is 1. The SMILES string of the molecule is Cc1ccc(-c2cc(C(=O)NCc3c(C)nn(C)c3C)cc(S(=O)(=O)N3CCOCC3)c2)s1. The van der Waals surface area contributed by atoms with Crippen molar-refractivity contribution >= 4 is 27.3 Å². The fourth-order valence-electron chi connectivity index (χ4n) is 3.89. The highest BCUT2D eigenvalue weighted by Gasteiger charge is 2.28. The number of carbonyl (C=O) groups excluding carboxylic acids is 1. The van der Waals surface area contributed by atoms with E-state index in [0.717, 1.165) is 26.7 Å². The molecule has 8 nitrogen and oxygen atoms in total. The van der Waals surface area contributed by atoms with E-state index in [-0.39, 0.29) is 10.8 Å². The molecule has 0 atom stereocenters. The minimum atomic E-state index is -3.75. The van der Waals surface area contributed by atoms with Crippen molar-refractivity contribution in [3.05, 3.63) is 57.7 Å². The van der Waals surface area contributed by atoms with Gasteiger partial charge < -0.3 is 10.1 Å². The fourth-order valence-corrected chi connectivity index (χ4v) is 6.23. The lowest BCUT2D eigenvalue weighted by Gasteiger charge is -2.26. The van der Waals surface area contributed by atoms with Crippen molar-refractivity contribution in [1.82, 2.24) is 19.4 Å². The van der Waals surface area contributed by atoms with Gasteiger partial charge in [0.1, 0.15) is 0 Å². The zero-order valence-electron chi connectivity index (χ0n) is 19.2. The smallest absolute Gasteiger partial charge is 0.251 e. The standard InChI is InChI=1S/C23H28N4O4S2/c1-15-5-6-22(32-15)18-11-19(23(28)24-14-21-16(2)25-26(4)17(21)3)13-20(12-18)33(29,30)27-7-9-31-10-8-27/h5-6,11-13H,7-10,14H2,1-4H3,(H,24,28). The number of carbonyl (C=O) groups is 1. The van der Waals surface area contributed by atoms with Crippen LogP contribution in [0.25, 0.3) is 10.4 Å². The van der Waals surface area contributed by atoms with Crippen LogP contribution in [0, 0.1) is 20.8 Å². The molecular weight excluding hydrogens is 460 g/mol. The van der Waals surface area contributed by atoms with Gasteiger partial charge in [0.25, 0.3) is 5.91 Å². The summed E-state index contributed by atoms with van der Waals surface area (Å²) < 4.78 is 35.2. The van der Waals surface area contributed by atoms with Crippen LogP contribution in [0.4, 0.5) is 0 Å². The van der Waals surface area contributed by atoms with Crippen molar-refractivity contribution in [1.29, 1.82) is 0 Å². The van der Waals surface area contributed by atoms with Crippen molar-refractivity contribution in [2.24, 2.45) is 7.05 Å². The lowest BCUT2D eigenvalue weighted by atomic mass is 10.1. The second kappa shape index (κ2) is 9.38. The van der Waals surface area contributed by atoms with Gasteiger partial charge in [-0.05, 0) is 56.7 Å². The zero-order chi connectivity index (χ0) is 23.8. The molecule has 3 aromatic rings. The summed E-state index contributed by atoms with van der Waals surface area (Å²) in [7, 11) is -1.89. The zero-order valence-corrected chi connectivity index (χ0v) is 20.8. The Hall–Kier alpha value is -2.53. The lowest BCUT2D eigenvalue weighted by molar-refractivity contribution is 0.0730. The molecule has 0 saturated carbocycles. The van der Waals surface area contributed by atoms with Crippen LogP contribution in [0.1, 0.15) is 32.2 Å². The Morgan fingerprint density at radius 1 is 1.15 bits per heavy atom. The Morgan fingerprint density at radius 2 is 1.88 bits per heavy atom. The maximum Gasteiger partial charge on any atom is 0.251 e. The van der Waals surface area contributed by atoms with Gasteiger partial charge in [-0.25, -0.2) is 8.42 Å². The summed E-state index contributed by atoms with van der Waals surface area (Å²) in [5, 5.41) is 7.32. The van der Waals surface area contributed by atoms with Crippen LogP contribution < -0.4 is 5.32 Å². The first-order valence-corrected chi connectivity index (χ1v) is 13.0. The minimum Gasteiger partial charge on any atom is -0.379 e. The van der Waals surface area contributed by atoms with Gasteiger partial charge >= 0.3 is 0 Å². The van der Waals surface area contributed by atoms with E-state index in [0.29, 0.717) is 44.0 Å². The predicted molar refractivity (Wildman–Crippen MR) is 128 cm³/mol. The lowest BCUT2D eigenvalue weighted by Crippen LogP contribution is -2.40. The monoisotopic (exact) mass is 488 g/mol. The first-order chi connectivity index (χ1) is 15.7. The molecule has 0 bridgehead atoms. The molecule has 1 aromatic carbocycles. The molecule has 33 heavy (non-hydrogen) atoms. The van der Waals surface area contributed by atoms with Crippen molar-refractivity contribution < 1.29 is 17.9 Å². The predicted octanol–water partition coefficient (Wildman–Crippen LogP) is 3.02. The largest absolute Gasteiger partial charge is 0.379 e. The van der Waals surface area contributed by atoms with E-state index < -0.39 is 10.0 Å². The second-order valence-electron chi connectivity index (χ2n) is 8.13. The summed E-state index contributed by atoms with van der Waals surface area (Å²) in [6.07, 6.45) is 0. The molecule has 0 unspecified atom stereocenters. The molecule has 2 aromatic heterocycles. The Kier molecular flexibility index (Phi) is 6.71. The number of benzene rings is 1. The molecule has 1 fully saturated rings. The van der Waals surface area contributed by atoms with Gasteiger partial charge in [0.2, 0.25) is 10.0 Å². The third kappa shape index (κ3) is 4.89. The maximum absolute atomic E-state index is 13.4. The van der Waals surface area contributed by atoms with Gasteiger partial charge in [-0.2, -0.15) is 9.40 Å². The first-order valence-electron chi connectivity index (χ1n) is 10.7. The number of aryl methyl sites for hydroxylation is 3. The number of nitrogens with zero attached hydrogens (tertiary/aromatic N) is 3. The van der Waals surface area contributed by atoms with Crippen LogP contribution in [0.5, 0.6) is 0 Å². The highest BCUT2D eigenvalue weighted by molar-refractivity contribution is 7.89. The van der Waals surface area contributed by atoms with Gasteiger partial charge in [-0.1, -0.05) is 0 Å². The number of ether oxygens (including phenoxy) is 1. The third-order valence-corrected chi connectivity index (χ3v) is 8.81. The number of nitrogens with one attached hydrogen (secondary N) is 1. The quantitative estimate of drug-likeness (QED) is 0.576. The van der Waals surface area contributed by atoms with Crippen LogP contribution in [-0.4, -0.2) is 54.7 Å². The van der Waals surface area contributed by atoms with Crippen molar-refractivity contribution in [3.63, 3.8) is 0 Å². The number of hydrogen-bond acceptors (Lipinski definition) is 6. The maximum atomic E-state index is 13.4. The highest BCUT2D eigenvalue weighted by atomic mass is 32.2. The van der Waals surface area contributed by atoms with Crippen LogP contribution in [0.3, 0.4) is 0 Å². The summed E-state index contributed by atoms with van der Waals surface area (Å²) in [4.78, 5) is 15.3. The van der Waals surface area contributed by atoms with Gasteiger partial charge in [0.15, 0.2) is 0 Å². The highest BCUT2D eigenvalue weighted by Crippen LogP contribution is 2.31. The molecule has 1 aliphatic rings. The molecule has 1 N–H and O–H groups in total. The minimum absolute atomic E-state index is 0.117. The van der Waals surface area contributed by atoms with E-state index in [4.69, 9.17) is 4.74 Å². The van der Waals surface area contributed by atoms with Crippen LogP contribution in [0.2, 0.25) is 0 Å². The van der Waals surface area contributed by atoms with E-state index in [9.17, 15) is 13.2 Å². The Balaban J connectivity index is 1.69. The first kappa shape index (κ1) is 23.6. The molecular formula is C23H28N4O4S2. The molecule has 0 spiro atoms. The van der Waals surface area contributed by atoms with E-state index in [1.165, 1.54) is 10.4 Å². The Labute approximate surface area is 198 Å².